The van der Waals surface area contributed by atoms with Gasteiger partial charge in [0.1, 0.15) is 0 Å². The molecule has 0 amide bonds. The number of ether oxygens (including phenoxy) is 2. The number of hydrogen-bond donors (Lipinski definition) is 0. The first-order chi connectivity index (χ1) is 18.0. The molecule has 2 aliphatic heterocycles. The van der Waals surface area contributed by atoms with Crippen molar-refractivity contribution < 1.29 is 22.6 Å². The van der Waals surface area contributed by atoms with Crippen molar-refractivity contribution >= 4 is 0 Å². The molecule has 2 aromatic carbocycles. The van der Waals surface area contributed by atoms with Crippen LogP contribution in [-0.2, 0) is 24.0 Å². The lowest BCUT2D eigenvalue weighted by Gasteiger charge is -2.38. The fraction of sp³-hybridized carbons (Fsp3) is 0.625. The average molecular weight is 515 g/mol. The van der Waals surface area contributed by atoms with E-state index < -0.39 is 17.5 Å². The van der Waals surface area contributed by atoms with E-state index in [1.54, 1.807) is 6.07 Å². The molecule has 1 saturated carbocycles. The van der Waals surface area contributed by atoms with Crippen LogP contribution in [0.2, 0.25) is 0 Å². The molecule has 1 aliphatic carbocycles. The molecule has 37 heavy (non-hydrogen) atoms. The van der Waals surface area contributed by atoms with Crippen molar-refractivity contribution in [2.75, 3.05) is 6.61 Å². The molecule has 2 nitrogen and oxygen atoms in total. The fourth-order valence-corrected chi connectivity index (χ4v) is 6.84. The van der Waals surface area contributed by atoms with Crippen molar-refractivity contribution in [3.05, 3.63) is 57.9 Å². The minimum Gasteiger partial charge on any atom is -0.450 e. The summed E-state index contributed by atoms with van der Waals surface area (Å²) in [7, 11) is 0. The summed E-state index contributed by atoms with van der Waals surface area (Å²) in [5.41, 5.74) is 2.18. The predicted octanol–water partition coefficient (Wildman–Crippen LogP) is 9.09. The molecule has 3 aliphatic rings. The number of rotatable bonds is 8. The van der Waals surface area contributed by atoms with E-state index in [9.17, 15) is 8.78 Å². The number of fused-ring (bicyclic) bond motifs is 2. The maximum atomic E-state index is 15.5. The van der Waals surface area contributed by atoms with E-state index in [1.165, 1.54) is 38.5 Å². The summed E-state index contributed by atoms with van der Waals surface area (Å²) in [5, 5.41) is 0. The zero-order chi connectivity index (χ0) is 25.9. The Morgan fingerprint density at radius 1 is 0.730 bits per heavy atom. The van der Waals surface area contributed by atoms with Gasteiger partial charge in [0.25, 0.3) is 0 Å². The van der Waals surface area contributed by atoms with Crippen LogP contribution >= 0.6 is 0 Å². The first-order valence-electron chi connectivity index (χ1n) is 14.6. The number of benzene rings is 2. The maximum Gasteiger partial charge on any atom is 0.201 e. The summed E-state index contributed by atoms with van der Waals surface area (Å²) in [6, 6.07) is 5.37. The highest BCUT2D eigenvalue weighted by molar-refractivity contribution is 5.53. The summed E-state index contributed by atoms with van der Waals surface area (Å²) in [6.45, 7) is 4.96. The molecule has 5 rings (SSSR count). The smallest absolute Gasteiger partial charge is 0.201 e. The summed E-state index contributed by atoms with van der Waals surface area (Å²) < 4.78 is 56.7. The van der Waals surface area contributed by atoms with Crippen LogP contribution in [0.25, 0.3) is 0 Å². The Hall–Kier alpha value is -2.01. The molecule has 1 saturated heterocycles. The van der Waals surface area contributed by atoms with Crippen LogP contribution in [-0.4, -0.2) is 12.7 Å². The Bertz CT molecular complexity index is 1080. The molecule has 2 heterocycles. The van der Waals surface area contributed by atoms with Gasteiger partial charge in [-0.1, -0.05) is 58.1 Å². The van der Waals surface area contributed by atoms with E-state index in [0.717, 1.165) is 38.2 Å². The molecule has 202 valence electrons. The van der Waals surface area contributed by atoms with Gasteiger partial charge >= 0.3 is 0 Å². The van der Waals surface area contributed by atoms with Crippen LogP contribution in [0.3, 0.4) is 0 Å². The zero-order valence-electron chi connectivity index (χ0n) is 22.4. The van der Waals surface area contributed by atoms with Crippen molar-refractivity contribution in [3.8, 4) is 11.5 Å². The molecule has 2 atom stereocenters. The highest BCUT2D eigenvalue weighted by atomic mass is 19.2. The minimum absolute atomic E-state index is 0.0465. The van der Waals surface area contributed by atoms with Gasteiger partial charge < -0.3 is 9.47 Å². The topological polar surface area (TPSA) is 18.5 Å². The normalized spacial score (nSPS) is 25.3. The van der Waals surface area contributed by atoms with Gasteiger partial charge in [0, 0.05) is 24.2 Å². The molecule has 0 radical (unpaired) electrons. The van der Waals surface area contributed by atoms with Gasteiger partial charge in [-0.3, -0.25) is 0 Å². The third-order valence-electron chi connectivity index (χ3n) is 9.02. The SMILES string of the molecule is CCCc1cc2c(c(F)c1F)Oc1c(ccc(CCC3CCC(C4CCC(CCC)CC4)OC3)c1F)C2. The first-order valence-corrected chi connectivity index (χ1v) is 14.6. The second-order valence-electron chi connectivity index (χ2n) is 11.6. The Labute approximate surface area is 219 Å². The van der Waals surface area contributed by atoms with E-state index in [0.29, 0.717) is 59.5 Å². The Kier molecular flexibility index (Phi) is 8.48. The average Bonchev–Trinajstić information content (AvgIpc) is 2.92. The van der Waals surface area contributed by atoms with Crippen LogP contribution in [0.1, 0.15) is 100 Å². The second kappa shape index (κ2) is 11.8. The summed E-state index contributed by atoms with van der Waals surface area (Å²) >= 11 is 0. The lowest BCUT2D eigenvalue weighted by Crippen LogP contribution is -2.34. The zero-order valence-corrected chi connectivity index (χ0v) is 22.4. The standard InChI is InChI=1S/C32H41F3O2/c1-3-5-20-7-11-22(12-8-20)27-16-10-21(19-36-27)9-13-23-14-15-25-18-26-17-24(6-4-2)28(33)30(35)32(26)37-31(25)29(23)34/h14-15,17,20-22,27H,3-13,16,18-19H2,1-2H3. The number of halogens is 3. The lowest BCUT2D eigenvalue weighted by atomic mass is 9.76. The van der Waals surface area contributed by atoms with Gasteiger partial charge in [-0.25, -0.2) is 8.78 Å². The van der Waals surface area contributed by atoms with Crippen molar-refractivity contribution in [3.63, 3.8) is 0 Å². The highest BCUT2D eigenvalue weighted by Gasteiger charge is 2.32. The molecule has 5 heteroatoms. The molecule has 0 N–H and O–H groups in total. The van der Waals surface area contributed by atoms with Crippen molar-refractivity contribution in [1.29, 1.82) is 0 Å². The van der Waals surface area contributed by atoms with Gasteiger partial charge in [0.05, 0.1) is 6.10 Å². The van der Waals surface area contributed by atoms with E-state index in [2.05, 4.69) is 6.92 Å². The van der Waals surface area contributed by atoms with Gasteiger partial charge in [-0.2, -0.15) is 4.39 Å². The first kappa shape index (κ1) is 26.6. The molecule has 2 unspecified atom stereocenters. The van der Waals surface area contributed by atoms with Crippen molar-refractivity contribution in [1.82, 2.24) is 0 Å². The van der Waals surface area contributed by atoms with Gasteiger partial charge in [-0.05, 0) is 79.9 Å². The fourth-order valence-electron chi connectivity index (χ4n) is 6.84. The molecule has 0 spiro atoms. The largest absolute Gasteiger partial charge is 0.450 e. The lowest BCUT2D eigenvalue weighted by molar-refractivity contribution is -0.0594. The Morgan fingerprint density at radius 3 is 2.19 bits per heavy atom. The van der Waals surface area contributed by atoms with E-state index in [-0.39, 0.29) is 11.5 Å². The van der Waals surface area contributed by atoms with E-state index in [1.807, 2.05) is 19.1 Å². The highest BCUT2D eigenvalue weighted by Crippen LogP contribution is 2.43. The Morgan fingerprint density at radius 2 is 1.49 bits per heavy atom. The Balaban J connectivity index is 1.17. The summed E-state index contributed by atoms with van der Waals surface area (Å²) in [5.74, 6) is -0.422. The number of aryl methyl sites for hydroxylation is 2. The molecular formula is C32H41F3O2. The van der Waals surface area contributed by atoms with E-state index >= 15 is 4.39 Å². The molecule has 2 fully saturated rings. The molecule has 2 aromatic rings. The monoisotopic (exact) mass is 514 g/mol. The van der Waals surface area contributed by atoms with Crippen LogP contribution < -0.4 is 4.74 Å². The summed E-state index contributed by atoms with van der Waals surface area (Å²) in [6.07, 6.45) is 13.5. The van der Waals surface area contributed by atoms with Crippen molar-refractivity contribution in [2.45, 2.75) is 103 Å². The van der Waals surface area contributed by atoms with Crippen LogP contribution in [0.4, 0.5) is 13.2 Å². The quantitative estimate of drug-likeness (QED) is 0.298. The minimum atomic E-state index is -1.01. The maximum absolute atomic E-state index is 15.5. The second-order valence-corrected chi connectivity index (χ2v) is 11.6. The van der Waals surface area contributed by atoms with Crippen LogP contribution in [0, 0.1) is 35.2 Å². The van der Waals surface area contributed by atoms with Crippen LogP contribution in [0.15, 0.2) is 18.2 Å². The third-order valence-corrected chi connectivity index (χ3v) is 9.02. The van der Waals surface area contributed by atoms with Crippen molar-refractivity contribution in [2.24, 2.45) is 17.8 Å². The number of hydrogen-bond acceptors (Lipinski definition) is 2. The van der Waals surface area contributed by atoms with Gasteiger partial charge in [-0.15, -0.1) is 0 Å². The molecule has 0 bridgehead atoms. The van der Waals surface area contributed by atoms with Gasteiger partial charge in [0.15, 0.2) is 23.1 Å². The molecular weight excluding hydrogens is 473 g/mol. The van der Waals surface area contributed by atoms with Crippen LogP contribution in [0.5, 0.6) is 11.5 Å². The molecule has 0 aromatic heterocycles. The van der Waals surface area contributed by atoms with Gasteiger partial charge in [0.2, 0.25) is 5.82 Å². The summed E-state index contributed by atoms with van der Waals surface area (Å²) in [4.78, 5) is 0. The van der Waals surface area contributed by atoms with E-state index in [4.69, 9.17) is 9.47 Å². The predicted molar refractivity (Wildman–Crippen MR) is 141 cm³/mol. The third kappa shape index (κ3) is 5.72.